The average molecular weight is 400 g/mol. The molecule has 8 nitrogen and oxygen atoms in total. The van der Waals surface area contributed by atoms with E-state index in [4.69, 9.17) is 5.73 Å². The van der Waals surface area contributed by atoms with Crippen molar-refractivity contribution in [2.75, 3.05) is 49.2 Å². The van der Waals surface area contributed by atoms with Gasteiger partial charge in [0.25, 0.3) is 0 Å². The van der Waals surface area contributed by atoms with Gasteiger partial charge in [0.05, 0.1) is 11.1 Å². The Morgan fingerprint density at radius 1 is 0.933 bits per heavy atom. The molecule has 4 N–H and O–H groups in total. The predicted octanol–water partition coefficient (Wildman–Crippen LogP) is 3.10. The number of aromatic nitrogens is 4. The number of nitrogens with one attached hydrogen (secondary N) is 2. The molecule has 0 unspecified atom stereocenters. The first-order valence-corrected chi connectivity index (χ1v) is 10.0. The quantitative estimate of drug-likeness (QED) is 0.484. The number of aromatic amines is 1. The number of H-pyrrole nitrogens is 1. The number of anilines is 4. The van der Waals surface area contributed by atoms with Crippen LogP contribution in [0.3, 0.4) is 0 Å². The molecule has 2 aromatic heterocycles. The standard InChI is InChI=1S/C22H24N8/c1-29-11-13-30(14-12-29)17-9-7-15(8-10-17)19-18-20(24-16-5-3-2-4-6-16)27-28-21(18)26-22(23)25-19/h2-10H,11-14H2,1H3,(H4,23,24,25,26,27,28). The smallest absolute Gasteiger partial charge is 0.222 e. The maximum absolute atomic E-state index is 5.98. The Kier molecular flexibility index (Phi) is 4.68. The molecule has 2 aromatic carbocycles. The number of likely N-dealkylation sites (N-methyl/N-ethyl adjacent to an activating group) is 1. The Balaban J connectivity index is 1.51. The SMILES string of the molecule is CN1CCN(c2ccc(-c3nc(N)nc4[nH]nc(Nc5ccccc5)c34)cc2)CC1. The van der Waals surface area contributed by atoms with Gasteiger partial charge in [-0.15, -0.1) is 0 Å². The van der Waals surface area contributed by atoms with E-state index in [1.165, 1.54) is 5.69 Å². The number of piperazine rings is 1. The van der Waals surface area contributed by atoms with Crippen LogP contribution in [0, 0.1) is 0 Å². The third kappa shape index (κ3) is 3.53. The zero-order valence-electron chi connectivity index (χ0n) is 16.8. The first-order valence-electron chi connectivity index (χ1n) is 10.0. The number of benzene rings is 2. The molecule has 4 aromatic rings. The summed E-state index contributed by atoms with van der Waals surface area (Å²) in [6.45, 7) is 4.23. The highest BCUT2D eigenvalue weighted by molar-refractivity contribution is 6.00. The van der Waals surface area contributed by atoms with Crippen LogP contribution in [0.15, 0.2) is 54.6 Å². The molecule has 8 heteroatoms. The van der Waals surface area contributed by atoms with E-state index in [-0.39, 0.29) is 5.95 Å². The lowest BCUT2D eigenvalue weighted by molar-refractivity contribution is 0.313. The lowest BCUT2D eigenvalue weighted by Crippen LogP contribution is -2.44. The Hall–Kier alpha value is -3.65. The summed E-state index contributed by atoms with van der Waals surface area (Å²) in [6.07, 6.45) is 0. The molecule has 0 saturated carbocycles. The normalized spacial score (nSPS) is 14.9. The summed E-state index contributed by atoms with van der Waals surface area (Å²) in [4.78, 5) is 13.6. The molecule has 0 amide bonds. The molecular weight excluding hydrogens is 376 g/mol. The minimum absolute atomic E-state index is 0.218. The molecule has 0 bridgehead atoms. The Morgan fingerprint density at radius 3 is 2.40 bits per heavy atom. The van der Waals surface area contributed by atoms with Gasteiger partial charge in [-0.1, -0.05) is 30.3 Å². The first kappa shape index (κ1) is 18.4. The highest BCUT2D eigenvalue weighted by Crippen LogP contribution is 2.33. The fourth-order valence-corrected chi connectivity index (χ4v) is 3.80. The number of rotatable bonds is 4. The summed E-state index contributed by atoms with van der Waals surface area (Å²) in [7, 11) is 2.16. The highest BCUT2D eigenvalue weighted by Gasteiger charge is 2.18. The molecule has 1 saturated heterocycles. The van der Waals surface area contributed by atoms with Crippen LogP contribution in [-0.2, 0) is 0 Å². The summed E-state index contributed by atoms with van der Waals surface area (Å²) >= 11 is 0. The molecular formula is C22H24N8. The average Bonchev–Trinajstić information content (AvgIpc) is 3.17. The van der Waals surface area contributed by atoms with Gasteiger partial charge in [0.2, 0.25) is 5.95 Å². The molecule has 0 radical (unpaired) electrons. The van der Waals surface area contributed by atoms with Crippen molar-refractivity contribution in [2.45, 2.75) is 0 Å². The predicted molar refractivity (Wildman–Crippen MR) is 121 cm³/mol. The Morgan fingerprint density at radius 2 is 1.67 bits per heavy atom. The minimum atomic E-state index is 0.218. The largest absolute Gasteiger partial charge is 0.369 e. The highest BCUT2D eigenvalue weighted by atomic mass is 15.2. The molecule has 152 valence electrons. The maximum atomic E-state index is 5.98. The van der Waals surface area contributed by atoms with Crippen LogP contribution in [0.2, 0.25) is 0 Å². The minimum Gasteiger partial charge on any atom is -0.369 e. The topological polar surface area (TPSA) is 99.0 Å². The van der Waals surface area contributed by atoms with Gasteiger partial charge in [-0.25, -0.2) is 4.98 Å². The van der Waals surface area contributed by atoms with Gasteiger partial charge in [-0.2, -0.15) is 10.1 Å². The van der Waals surface area contributed by atoms with Crippen molar-refractivity contribution in [3.63, 3.8) is 0 Å². The van der Waals surface area contributed by atoms with Crippen LogP contribution in [0.1, 0.15) is 0 Å². The van der Waals surface area contributed by atoms with Crippen molar-refractivity contribution < 1.29 is 0 Å². The molecule has 1 aliphatic rings. The Bertz CT molecular complexity index is 1150. The molecule has 30 heavy (non-hydrogen) atoms. The lowest BCUT2D eigenvalue weighted by Gasteiger charge is -2.34. The van der Waals surface area contributed by atoms with Crippen LogP contribution < -0.4 is 16.0 Å². The van der Waals surface area contributed by atoms with Crippen molar-refractivity contribution >= 4 is 34.2 Å². The van der Waals surface area contributed by atoms with Crippen molar-refractivity contribution in [3.8, 4) is 11.3 Å². The first-order chi connectivity index (χ1) is 14.7. The van der Waals surface area contributed by atoms with Crippen LogP contribution in [0.4, 0.5) is 23.1 Å². The number of para-hydroxylation sites is 1. The van der Waals surface area contributed by atoms with Gasteiger partial charge in [0, 0.05) is 43.1 Å². The summed E-state index contributed by atoms with van der Waals surface area (Å²) in [5.74, 6) is 0.893. The van der Waals surface area contributed by atoms with Gasteiger partial charge in [-0.3, -0.25) is 5.10 Å². The van der Waals surface area contributed by atoms with Gasteiger partial charge in [0.15, 0.2) is 11.5 Å². The number of fused-ring (bicyclic) bond motifs is 1. The second kappa shape index (κ2) is 7.64. The van der Waals surface area contributed by atoms with Gasteiger partial charge in [-0.05, 0) is 31.3 Å². The summed E-state index contributed by atoms with van der Waals surface area (Å²) in [6, 6.07) is 18.4. The molecule has 5 rings (SSSR count). The molecule has 3 heterocycles. The van der Waals surface area contributed by atoms with Gasteiger partial charge >= 0.3 is 0 Å². The van der Waals surface area contributed by atoms with E-state index in [9.17, 15) is 0 Å². The fraction of sp³-hybridized carbons (Fsp3) is 0.227. The van der Waals surface area contributed by atoms with Gasteiger partial charge in [0.1, 0.15) is 0 Å². The van der Waals surface area contributed by atoms with E-state index in [1.807, 2.05) is 30.3 Å². The third-order valence-corrected chi connectivity index (χ3v) is 5.48. The third-order valence-electron chi connectivity index (χ3n) is 5.48. The van der Waals surface area contributed by atoms with Crippen molar-refractivity contribution in [1.82, 2.24) is 25.1 Å². The van der Waals surface area contributed by atoms with E-state index in [1.54, 1.807) is 0 Å². The molecule has 0 spiro atoms. The van der Waals surface area contributed by atoms with E-state index in [0.29, 0.717) is 11.5 Å². The number of nitrogen functional groups attached to an aromatic ring is 1. The van der Waals surface area contributed by atoms with Crippen LogP contribution >= 0.6 is 0 Å². The van der Waals surface area contributed by atoms with E-state index in [0.717, 1.165) is 48.5 Å². The number of hydrogen-bond acceptors (Lipinski definition) is 7. The summed E-state index contributed by atoms with van der Waals surface area (Å²) < 4.78 is 0. The van der Waals surface area contributed by atoms with Crippen LogP contribution in [0.25, 0.3) is 22.3 Å². The molecule has 1 fully saturated rings. The van der Waals surface area contributed by atoms with Crippen molar-refractivity contribution in [2.24, 2.45) is 0 Å². The lowest BCUT2D eigenvalue weighted by atomic mass is 10.1. The summed E-state index contributed by atoms with van der Waals surface area (Å²) in [5, 5.41) is 11.5. The second-order valence-corrected chi connectivity index (χ2v) is 7.55. The van der Waals surface area contributed by atoms with Crippen LogP contribution in [-0.4, -0.2) is 58.3 Å². The van der Waals surface area contributed by atoms with Crippen LogP contribution in [0.5, 0.6) is 0 Å². The zero-order chi connectivity index (χ0) is 20.5. The number of nitrogens with two attached hydrogens (primary N) is 1. The van der Waals surface area contributed by atoms with Crippen molar-refractivity contribution in [3.05, 3.63) is 54.6 Å². The number of hydrogen-bond donors (Lipinski definition) is 3. The van der Waals surface area contributed by atoms with Gasteiger partial charge < -0.3 is 20.9 Å². The van der Waals surface area contributed by atoms with E-state index in [2.05, 4.69) is 66.6 Å². The molecule has 1 aliphatic heterocycles. The summed E-state index contributed by atoms with van der Waals surface area (Å²) in [5.41, 5.74) is 10.5. The van der Waals surface area contributed by atoms with Crippen molar-refractivity contribution in [1.29, 1.82) is 0 Å². The second-order valence-electron chi connectivity index (χ2n) is 7.55. The number of nitrogens with zero attached hydrogens (tertiary/aromatic N) is 5. The molecule has 0 atom stereocenters. The van der Waals surface area contributed by atoms with E-state index < -0.39 is 0 Å². The monoisotopic (exact) mass is 400 g/mol. The van der Waals surface area contributed by atoms with E-state index >= 15 is 0 Å². The maximum Gasteiger partial charge on any atom is 0.222 e. The Labute approximate surface area is 174 Å². The zero-order valence-corrected chi connectivity index (χ0v) is 16.8. The fourth-order valence-electron chi connectivity index (χ4n) is 3.80. The molecule has 0 aliphatic carbocycles.